The molecule has 5 heterocycles. The molecule has 1 fully saturated rings. The van der Waals surface area contributed by atoms with Crippen LogP contribution in [0.5, 0.6) is 0 Å². The summed E-state index contributed by atoms with van der Waals surface area (Å²) in [5.74, 6) is -1.43. The minimum absolute atomic E-state index is 0.00557. The molecule has 1 saturated heterocycles. The molecular weight excluding hydrogens is 651 g/mol. The Morgan fingerprint density at radius 1 is 1.12 bits per heavy atom. The zero-order valence-corrected chi connectivity index (χ0v) is 25.2. The number of rotatable bonds is 6. The molecule has 43 heavy (non-hydrogen) atoms. The second kappa shape index (κ2) is 11.5. The highest BCUT2D eigenvalue weighted by atomic mass is 79.9. The Morgan fingerprint density at radius 3 is 2.72 bits per heavy atom. The van der Waals surface area contributed by atoms with Crippen LogP contribution in [0.2, 0.25) is 0 Å². The summed E-state index contributed by atoms with van der Waals surface area (Å²) < 4.78 is 70.4. The van der Waals surface area contributed by atoms with Crippen LogP contribution in [0.1, 0.15) is 41.1 Å². The molecule has 0 bridgehead atoms. The van der Waals surface area contributed by atoms with Gasteiger partial charge in [0.15, 0.2) is 5.65 Å². The van der Waals surface area contributed by atoms with Crippen molar-refractivity contribution in [3.8, 4) is 0 Å². The van der Waals surface area contributed by atoms with Gasteiger partial charge in [0.2, 0.25) is 10.0 Å². The Kier molecular flexibility index (Phi) is 7.89. The number of nitrogens with zero attached hydrogens (tertiary/aromatic N) is 6. The third kappa shape index (κ3) is 5.97. The maximum absolute atomic E-state index is 13.8. The van der Waals surface area contributed by atoms with Crippen LogP contribution in [0.15, 0.2) is 64.4 Å². The van der Waals surface area contributed by atoms with Gasteiger partial charge < -0.3 is 10.2 Å². The molecule has 1 unspecified atom stereocenters. The SMILES string of the molecule is O=C(N1CCc2ccc(S(=O)(=O)N3CCCC(c4cc(NCc5cccnc5)n5ncc(Br)c5n4)C3)cc2C1)C(F)(F)F. The summed E-state index contributed by atoms with van der Waals surface area (Å²) in [6, 6.07) is 10.2. The third-order valence-corrected chi connectivity index (χ3v) is 10.2. The number of carbonyl (C=O) groups is 1. The Hall–Kier alpha value is -3.56. The van der Waals surface area contributed by atoms with Gasteiger partial charge in [-0.1, -0.05) is 12.1 Å². The van der Waals surface area contributed by atoms with Gasteiger partial charge in [-0.25, -0.2) is 13.4 Å². The molecule has 226 valence electrons. The molecule has 6 rings (SSSR count). The van der Waals surface area contributed by atoms with Crippen molar-refractivity contribution >= 4 is 43.3 Å². The van der Waals surface area contributed by atoms with E-state index in [9.17, 15) is 26.4 Å². The van der Waals surface area contributed by atoms with Crippen molar-refractivity contribution in [2.75, 3.05) is 25.0 Å². The molecule has 1 aromatic carbocycles. The lowest BCUT2D eigenvalue weighted by Crippen LogP contribution is -2.43. The lowest BCUT2D eigenvalue weighted by molar-refractivity contribution is -0.186. The summed E-state index contributed by atoms with van der Waals surface area (Å²) >= 11 is 3.51. The smallest absolute Gasteiger partial charge is 0.366 e. The number of pyridine rings is 1. The van der Waals surface area contributed by atoms with E-state index in [1.54, 1.807) is 29.2 Å². The number of amides is 1. The van der Waals surface area contributed by atoms with Crippen LogP contribution < -0.4 is 5.32 Å². The Balaban J connectivity index is 1.24. The predicted molar refractivity (Wildman–Crippen MR) is 155 cm³/mol. The summed E-state index contributed by atoms with van der Waals surface area (Å²) in [6.45, 7) is 0.626. The predicted octanol–water partition coefficient (Wildman–Crippen LogP) is 4.51. The molecular formula is C28H27BrF3N7O3S. The number of nitrogens with one attached hydrogen (secondary N) is 1. The summed E-state index contributed by atoms with van der Waals surface area (Å²) in [7, 11) is -3.97. The van der Waals surface area contributed by atoms with Gasteiger partial charge in [-0.3, -0.25) is 9.78 Å². The third-order valence-electron chi connectivity index (χ3n) is 7.80. The first kappa shape index (κ1) is 29.5. The number of aromatic nitrogens is 4. The molecule has 15 heteroatoms. The number of piperidine rings is 1. The topological polar surface area (TPSA) is 113 Å². The zero-order chi connectivity index (χ0) is 30.4. The quantitative estimate of drug-likeness (QED) is 0.320. The normalized spacial score (nSPS) is 18.0. The van der Waals surface area contributed by atoms with Gasteiger partial charge in [0.1, 0.15) is 5.82 Å². The van der Waals surface area contributed by atoms with E-state index in [1.165, 1.54) is 16.4 Å². The van der Waals surface area contributed by atoms with E-state index >= 15 is 0 Å². The van der Waals surface area contributed by atoms with Crippen molar-refractivity contribution in [1.29, 1.82) is 0 Å². The maximum Gasteiger partial charge on any atom is 0.471 e. The molecule has 0 spiro atoms. The molecule has 3 aromatic heterocycles. The van der Waals surface area contributed by atoms with Crippen molar-refractivity contribution in [2.24, 2.45) is 0 Å². The molecule has 1 atom stereocenters. The molecule has 2 aliphatic rings. The van der Waals surface area contributed by atoms with Gasteiger partial charge >= 0.3 is 12.1 Å². The molecule has 4 aromatic rings. The highest BCUT2D eigenvalue weighted by Gasteiger charge is 2.43. The zero-order valence-electron chi connectivity index (χ0n) is 22.8. The maximum atomic E-state index is 13.8. The summed E-state index contributed by atoms with van der Waals surface area (Å²) in [5.41, 5.74) is 3.43. The van der Waals surface area contributed by atoms with Crippen molar-refractivity contribution in [3.05, 3.63) is 81.8 Å². The lowest BCUT2D eigenvalue weighted by atomic mass is 9.96. The van der Waals surface area contributed by atoms with E-state index in [4.69, 9.17) is 4.98 Å². The fourth-order valence-electron chi connectivity index (χ4n) is 5.58. The molecule has 0 aliphatic carbocycles. The standard InChI is InChI=1S/C28H27BrF3N7O3S/c29-23-15-35-39-25(34-14-18-3-1-8-33-13-18)12-24(36-26(23)39)20-4-2-9-38(17-20)43(41,42)22-6-5-19-7-10-37(16-21(19)11-22)27(40)28(30,31)32/h1,3,5-6,8,11-13,15,20,34H,2,4,7,9-10,14,16-17H2. The average molecular weight is 679 g/mol. The van der Waals surface area contributed by atoms with Gasteiger partial charge in [0.25, 0.3) is 0 Å². The highest BCUT2D eigenvalue weighted by molar-refractivity contribution is 9.10. The number of halogens is 4. The first-order chi connectivity index (χ1) is 20.5. The number of anilines is 1. The van der Waals surface area contributed by atoms with E-state index in [0.29, 0.717) is 51.6 Å². The van der Waals surface area contributed by atoms with E-state index in [1.807, 2.05) is 18.2 Å². The fourth-order valence-corrected chi connectivity index (χ4v) is 7.51. The minimum Gasteiger partial charge on any atom is -0.366 e. The van der Waals surface area contributed by atoms with Crippen molar-refractivity contribution in [1.82, 2.24) is 28.8 Å². The van der Waals surface area contributed by atoms with Crippen LogP contribution in [0.4, 0.5) is 19.0 Å². The molecule has 1 amide bonds. The van der Waals surface area contributed by atoms with Crippen LogP contribution >= 0.6 is 15.9 Å². The molecule has 1 N–H and O–H groups in total. The molecule has 10 nitrogen and oxygen atoms in total. The second-order valence-corrected chi connectivity index (χ2v) is 13.4. The molecule has 0 radical (unpaired) electrons. The van der Waals surface area contributed by atoms with E-state index < -0.39 is 22.1 Å². The second-order valence-electron chi connectivity index (χ2n) is 10.6. The Morgan fingerprint density at radius 2 is 1.95 bits per heavy atom. The highest BCUT2D eigenvalue weighted by Crippen LogP contribution is 2.33. The molecule has 2 aliphatic heterocycles. The summed E-state index contributed by atoms with van der Waals surface area (Å²) in [6.07, 6.45) is 1.68. The first-order valence-electron chi connectivity index (χ1n) is 13.7. The summed E-state index contributed by atoms with van der Waals surface area (Å²) in [4.78, 5) is 21.5. The average Bonchev–Trinajstić information content (AvgIpc) is 3.39. The fraction of sp³-hybridized carbons (Fsp3) is 0.357. The van der Waals surface area contributed by atoms with Gasteiger partial charge in [-0.05, 0) is 70.1 Å². The number of fused-ring (bicyclic) bond motifs is 2. The van der Waals surface area contributed by atoms with Crippen LogP contribution in [0, 0.1) is 0 Å². The van der Waals surface area contributed by atoms with Gasteiger partial charge in [0.05, 0.1) is 21.3 Å². The van der Waals surface area contributed by atoms with Crippen molar-refractivity contribution in [3.63, 3.8) is 0 Å². The minimum atomic E-state index is -4.98. The number of alkyl halides is 3. The van der Waals surface area contributed by atoms with Crippen LogP contribution in [-0.2, 0) is 34.3 Å². The number of benzene rings is 1. The number of carbonyl (C=O) groups excluding carboxylic acids is 1. The summed E-state index contributed by atoms with van der Waals surface area (Å²) in [5, 5.41) is 7.79. The number of hydrogen-bond donors (Lipinski definition) is 1. The number of sulfonamides is 1. The Bertz CT molecular complexity index is 1780. The van der Waals surface area contributed by atoms with Gasteiger partial charge in [-0.2, -0.15) is 27.1 Å². The molecule has 0 saturated carbocycles. The van der Waals surface area contributed by atoms with Crippen LogP contribution in [0.3, 0.4) is 0 Å². The number of hydrogen-bond acceptors (Lipinski definition) is 7. The first-order valence-corrected chi connectivity index (χ1v) is 15.9. The van der Waals surface area contributed by atoms with E-state index in [-0.39, 0.29) is 36.9 Å². The Labute approximate surface area is 254 Å². The van der Waals surface area contributed by atoms with Crippen LogP contribution in [0.25, 0.3) is 5.65 Å². The van der Waals surface area contributed by atoms with Crippen molar-refractivity contribution < 1.29 is 26.4 Å². The van der Waals surface area contributed by atoms with Gasteiger partial charge in [-0.15, -0.1) is 0 Å². The van der Waals surface area contributed by atoms with Gasteiger partial charge in [0, 0.05) is 57.1 Å². The van der Waals surface area contributed by atoms with E-state index in [0.717, 1.165) is 17.5 Å². The largest absolute Gasteiger partial charge is 0.471 e. The van der Waals surface area contributed by atoms with E-state index in [2.05, 4.69) is 31.3 Å². The lowest BCUT2D eigenvalue weighted by Gasteiger charge is -2.33. The van der Waals surface area contributed by atoms with Crippen LogP contribution in [-0.4, -0.2) is 68.9 Å². The van der Waals surface area contributed by atoms with Crippen molar-refractivity contribution in [2.45, 2.75) is 49.3 Å². The monoisotopic (exact) mass is 677 g/mol.